The predicted molar refractivity (Wildman–Crippen MR) is 84.2 cm³/mol. The lowest BCUT2D eigenvalue weighted by atomic mass is 10.1. The number of amides is 1. The molecule has 3 rings (SSSR count). The minimum Gasteiger partial charge on any atom is -0.454 e. The summed E-state index contributed by atoms with van der Waals surface area (Å²) < 4.78 is 24.2. The van der Waals surface area contributed by atoms with E-state index in [4.69, 9.17) is 26.8 Å². The van der Waals surface area contributed by atoms with Crippen molar-refractivity contribution >= 4 is 23.2 Å². The van der Waals surface area contributed by atoms with E-state index in [2.05, 4.69) is 0 Å². The van der Waals surface area contributed by atoms with Gasteiger partial charge in [-0.15, -0.1) is 0 Å². The van der Waals surface area contributed by atoms with Gasteiger partial charge in [-0.05, 0) is 29.8 Å². The molecule has 0 bridgehead atoms. The number of halogens is 2. The number of hydrogen-bond acceptors (Lipinski definition) is 4. The lowest BCUT2D eigenvalue weighted by molar-refractivity contribution is 0.0785. The van der Waals surface area contributed by atoms with Crippen molar-refractivity contribution in [1.29, 1.82) is 0 Å². The molecule has 2 N–H and O–H groups in total. The van der Waals surface area contributed by atoms with Crippen LogP contribution < -0.4 is 15.2 Å². The molecule has 23 heavy (non-hydrogen) atoms. The number of hydrogen-bond donors (Lipinski definition) is 1. The Balaban J connectivity index is 1.80. The fourth-order valence-electron chi connectivity index (χ4n) is 2.35. The highest BCUT2D eigenvalue weighted by Gasteiger charge is 2.20. The molecule has 0 unspecified atom stereocenters. The smallest absolute Gasteiger partial charge is 0.256 e. The summed E-state index contributed by atoms with van der Waals surface area (Å²) in [6.07, 6.45) is 0. The summed E-state index contributed by atoms with van der Waals surface area (Å²) in [6.45, 7) is 0.495. The van der Waals surface area contributed by atoms with Crippen molar-refractivity contribution < 1.29 is 18.7 Å². The van der Waals surface area contributed by atoms with Crippen LogP contribution in [0.1, 0.15) is 15.9 Å². The van der Waals surface area contributed by atoms with Gasteiger partial charge in [0.05, 0.1) is 11.3 Å². The average molecular weight is 337 g/mol. The molecule has 0 atom stereocenters. The van der Waals surface area contributed by atoms with Crippen LogP contribution in [0.4, 0.5) is 10.1 Å². The summed E-state index contributed by atoms with van der Waals surface area (Å²) in [4.78, 5) is 13.9. The van der Waals surface area contributed by atoms with Crippen molar-refractivity contribution in [2.75, 3.05) is 19.6 Å². The van der Waals surface area contributed by atoms with Crippen molar-refractivity contribution in [3.63, 3.8) is 0 Å². The van der Waals surface area contributed by atoms with Gasteiger partial charge in [0.2, 0.25) is 6.79 Å². The van der Waals surface area contributed by atoms with Crippen molar-refractivity contribution in [3.8, 4) is 11.5 Å². The number of rotatable bonds is 3. The van der Waals surface area contributed by atoms with Gasteiger partial charge in [0.15, 0.2) is 11.5 Å². The molecule has 0 aliphatic carbocycles. The molecule has 0 aromatic heterocycles. The van der Waals surface area contributed by atoms with E-state index in [-0.39, 0.29) is 23.1 Å². The highest BCUT2D eigenvalue weighted by Crippen LogP contribution is 2.33. The Labute approximate surface area is 137 Å². The second-order valence-electron chi connectivity index (χ2n) is 5.20. The zero-order chi connectivity index (χ0) is 16.6. The summed E-state index contributed by atoms with van der Waals surface area (Å²) in [5, 5.41) is 0.122. The first-order valence-corrected chi connectivity index (χ1v) is 7.22. The van der Waals surface area contributed by atoms with Crippen LogP contribution in [0.2, 0.25) is 5.02 Å². The van der Waals surface area contributed by atoms with Crippen LogP contribution in [0, 0.1) is 5.82 Å². The summed E-state index contributed by atoms with van der Waals surface area (Å²) in [6, 6.07) is 7.85. The van der Waals surface area contributed by atoms with Crippen molar-refractivity contribution in [2.45, 2.75) is 6.54 Å². The van der Waals surface area contributed by atoms with Crippen molar-refractivity contribution in [1.82, 2.24) is 4.90 Å². The van der Waals surface area contributed by atoms with E-state index in [1.165, 1.54) is 11.0 Å². The highest BCUT2D eigenvalue weighted by molar-refractivity contribution is 6.31. The van der Waals surface area contributed by atoms with E-state index < -0.39 is 11.7 Å². The first-order valence-electron chi connectivity index (χ1n) is 6.84. The van der Waals surface area contributed by atoms with Gasteiger partial charge in [0.25, 0.3) is 5.91 Å². The molecule has 120 valence electrons. The largest absolute Gasteiger partial charge is 0.454 e. The first-order chi connectivity index (χ1) is 11.0. The second-order valence-corrected chi connectivity index (χ2v) is 5.63. The number of carbonyl (C=O) groups is 1. The third-order valence-electron chi connectivity index (χ3n) is 3.53. The highest BCUT2D eigenvalue weighted by atomic mass is 35.5. The van der Waals surface area contributed by atoms with E-state index >= 15 is 0 Å². The van der Waals surface area contributed by atoms with Gasteiger partial charge in [-0.2, -0.15) is 0 Å². The van der Waals surface area contributed by atoms with Gasteiger partial charge < -0.3 is 20.1 Å². The molecule has 2 aromatic rings. The predicted octanol–water partition coefficient (Wildman–Crippen LogP) is 3.06. The van der Waals surface area contributed by atoms with Crippen LogP contribution in [0.25, 0.3) is 0 Å². The number of fused-ring (bicyclic) bond motifs is 1. The van der Waals surface area contributed by atoms with Gasteiger partial charge in [-0.25, -0.2) is 4.39 Å². The van der Waals surface area contributed by atoms with Crippen LogP contribution in [-0.2, 0) is 6.54 Å². The zero-order valence-electron chi connectivity index (χ0n) is 12.3. The fraction of sp³-hybridized carbons (Fsp3) is 0.188. The van der Waals surface area contributed by atoms with E-state index in [1.807, 2.05) is 6.07 Å². The molecule has 1 heterocycles. The topological polar surface area (TPSA) is 64.8 Å². The lowest BCUT2D eigenvalue weighted by Crippen LogP contribution is -2.27. The van der Waals surface area contributed by atoms with Crippen LogP contribution in [-0.4, -0.2) is 24.6 Å². The Morgan fingerprint density at radius 3 is 2.83 bits per heavy atom. The van der Waals surface area contributed by atoms with Crippen LogP contribution >= 0.6 is 11.6 Å². The van der Waals surface area contributed by atoms with Gasteiger partial charge in [0, 0.05) is 18.6 Å². The van der Waals surface area contributed by atoms with Gasteiger partial charge in [0.1, 0.15) is 5.82 Å². The average Bonchev–Trinajstić information content (AvgIpc) is 2.97. The molecule has 5 nitrogen and oxygen atoms in total. The van der Waals surface area contributed by atoms with Crippen LogP contribution in [0.3, 0.4) is 0 Å². The molecule has 0 spiro atoms. The molecule has 0 radical (unpaired) electrons. The van der Waals surface area contributed by atoms with Crippen LogP contribution in [0.15, 0.2) is 30.3 Å². The second kappa shape index (κ2) is 5.96. The number of anilines is 1. The molecular formula is C16H14ClFN2O3. The maximum atomic E-state index is 13.6. The third-order valence-corrected chi connectivity index (χ3v) is 3.75. The normalized spacial score (nSPS) is 12.3. The lowest BCUT2D eigenvalue weighted by Gasteiger charge is -2.19. The molecule has 0 fully saturated rings. The molecule has 1 aliphatic heterocycles. The monoisotopic (exact) mass is 336 g/mol. The maximum absolute atomic E-state index is 13.6. The number of carbonyl (C=O) groups excluding carboxylic acids is 1. The number of benzene rings is 2. The third kappa shape index (κ3) is 3.03. The standard InChI is InChI=1S/C16H14ClFN2O3/c1-20(7-9-2-3-13-14(4-9)23-8-22-13)16(21)11-5-10(17)6-12(18)15(11)19/h2-6H,7-8,19H2,1H3. The molecule has 7 heteroatoms. The Hall–Kier alpha value is -2.47. The summed E-state index contributed by atoms with van der Waals surface area (Å²) in [5.74, 6) is 0.180. The minimum atomic E-state index is -0.711. The first kappa shape index (κ1) is 15.4. The van der Waals surface area contributed by atoms with Gasteiger partial charge >= 0.3 is 0 Å². The number of nitrogens with two attached hydrogens (primary N) is 1. The molecule has 0 saturated carbocycles. The van der Waals surface area contributed by atoms with Gasteiger partial charge in [-0.1, -0.05) is 17.7 Å². The fourth-order valence-corrected chi connectivity index (χ4v) is 2.56. The summed E-state index contributed by atoms with van der Waals surface area (Å²) in [7, 11) is 1.60. The Bertz CT molecular complexity index is 782. The molecule has 1 amide bonds. The zero-order valence-corrected chi connectivity index (χ0v) is 13.1. The quantitative estimate of drug-likeness (QED) is 0.875. The molecule has 0 saturated heterocycles. The maximum Gasteiger partial charge on any atom is 0.256 e. The Morgan fingerprint density at radius 1 is 1.30 bits per heavy atom. The van der Waals surface area contributed by atoms with E-state index in [0.29, 0.717) is 18.0 Å². The molecule has 2 aromatic carbocycles. The Kier molecular flexibility index (Phi) is 4.00. The molecule has 1 aliphatic rings. The van der Waals surface area contributed by atoms with Crippen molar-refractivity contribution in [3.05, 3.63) is 52.3 Å². The number of nitrogen functional groups attached to an aromatic ring is 1. The number of ether oxygens (including phenoxy) is 2. The van der Waals surface area contributed by atoms with E-state index in [9.17, 15) is 9.18 Å². The van der Waals surface area contributed by atoms with E-state index in [1.54, 1.807) is 19.2 Å². The summed E-state index contributed by atoms with van der Waals surface area (Å²) in [5.41, 5.74) is 6.32. The SMILES string of the molecule is CN(Cc1ccc2c(c1)OCO2)C(=O)c1cc(Cl)cc(F)c1N. The van der Waals surface area contributed by atoms with E-state index in [0.717, 1.165) is 11.6 Å². The molecular weight excluding hydrogens is 323 g/mol. The van der Waals surface area contributed by atoms with Gasteiger partial charge in [-0.3, -0.25) is 4.79 Å². The number of nitrogens with zero attached hydrogens (tertiary/aromatic N) is 1. The van der Waals surface area contributed by atoms with Crippen molar-refractivity contribution in [2.24, 2.45) is 0 Å². The Morgan fingerprint density at radius 2 is 2.04 bits per heavy atom. The summed E-state index contributed by atoms with van der Waals surface area (Å²) >= 11 is 5.80. The van der Waals surface area contributed by atoms with Crippen LogP contribution in [0.5, 0.6) is 11.5 Å². The minimum absolute atomic E-state index is 0.0400.